The van der Waals surface area contributed by atoms with Gasteiger partial charge in [0.25, 0.3) is 0 Å². The van der Waals surface area contributed by atoms with Crippen LogP contribution in [0.2, 0.25) is 0 Å². The molecule has 7 heteroatoms. The van der Waals surface area contributed by atoms with Gasteiger partial charge < -0.3 is 22.3 Å². The zero-order chi connectivity index (χ0) is 13.3. The van der Waals surface area contributed by atoms with Gasteiger partial charge in [-0.1, -0.05) is 6.07 Å². The van der Waals surface area contributed by atoms with E-state index < -0.39 is 12.4 Å². The van der Waals surface area contributed by atoms with Crippen LogP contribution in [0.15, 0.2) is 30.7 Å². The van der Waals surface area contributed by atoms with Gasteiger partial charge in [-0.25, -0.2) is 4.98 Å². The van der Waals surface area contributed by atoms with E-state index in [-0.39, 0.29) is 5.75 Å². The summed E-state index contributed by atoms with van der Waals surface area (Å²) in [6.45, 7) is -3.22. The van der Waals surface area contributed by atoms with Gasteiger partial charge in [-0.15, -0.1) is 5.46 Å². The fraction of sp³-hybridized carbons (Fsp3) is 0.182. The monoisotopic (exact) mass is 255 g/mol. The van der Waals surface area contributed by atoms with Crippen LogP contribution < -0.4 is 10.2 Å². The summed E-state index contributed by atoms with van der Waals surface area (Å²) in [6.07, 6.45) is 3.25. The first-order valence-corrected chi connectivity index (χ1v) is 5.30. The Labute approximate surface area is 102 Å². The summed E-state index contributed by atoms with van der Waals surface area (Å²) >= 11 is 0. The average Bonchev–Trinajstić information content (AvgIpc) is 2.73. The molecule has 96 valence electrons. The van der Waals surface area contributed by atoms with E-state index in [4.69, 9.17) is 4.74 Å². The lowest BCUT2D eigenvalue weighted by Crippen LogP contribution is -2.34. The lowest BCUT2D eigenvalue weighted by atomic mass is 9.80. The van der Waals surface area contributed by atoms with Crippen LogP contribution in [-0.4, -0.2) is 23.6 Å². The molecular weight excluding hydrogens is 244 g/mol. The molecule has 1 heterocycles. The summed E-state index contributed by atoms with van der Waals surface area (Å²) in [5.74, 6) is 0.170. The second-order valence-electron chi connectivity index (χ2n) is 3.93. The van der Waals surface area contributed by atoms with Crippen LogP contribution in [0.1, 0.15) is 5.69 Å². The molecule has 1 aromatic heterocycles. The molecule has 0 saturated carbocycles. The molecule has 0 atom stereocenters. The Morgan fingerprint density at radius 2 is 2.00 bits per heavy atom. The molecule has 0 unspecified atom stereocenters. The SMILES string of the molecule is COc1cc([B-](F)(F)F)ccc1-n1cnc(C)c1. The van der Waals surface area contributed by atoms with Crippen LogP contribution in [0.25, 0.3) is 5.69 Å². The van der Waals surface area contributed by atoms with E-state index in [9.17, 15) is 12.9 Å². The zero-order valence-electron chi connectivity index (χ0n) is 9.90. The van der Waals surface area contributed by atoms with Crippen LogP contribution in [0.3, 0.4) is 0 Å². The third kappa shape index (κ3) is 2.34. The largest absolute Gasteiger partial charge is 0.509 e. The van der Waals surface area contributed by atoms with Crippen molar-refractivity contribution >= 4 is 12.4 Å². The minimum atomic E-state index is -5.02. The zero-order valence-corrected chi connectivity index (χ0v) is 9.90. The number of halogens is 3. The molecule has 0 fully saturated rings. The molecule has 0 aliphatic carbocycles. The van der Waals surface area contributed by atoms with Crippen LogP contribution in [0, 0.1) is 6.92 Å². The van der Waals surface area contributed by atoms with Gasteiger partial charge in [-0.2, -0.15) is 0 Å². The summed E-state index contributed by atoms with van der Waals surface area (Å²) < 4.78 is 44.5. The summed E-state index contributed by atoms with van der Waals surface area (Å²) in [5.41, 5.74) is 0.635. The fourth-order valence-corrected chi connectivity index (χ4v) is 1.66. The van der Waals surface area contributed by atoms with Crippen molar-refractivity contribution in [2.24, 2.45) is 0 Å². The Morgan fingerprint density at radius 1 is 1.28 bits per heavy atom. The average molecular weight is 255 g/mol. The van der Waals surface area contributed by atoms with E-state index in [0.29, 0.717) is 5.69 Å². The summed E-state index contributed by atoms with van der Waals surface area (Å²) in [5, 5.41) is 0. The van der Waals surface area contributed by atoms with Gasteiger partial charge in [-0.05, 0) is 19.1 Å². The smallest absolute Gasteiger partial charge is 0.495 e. The van der Waals surface area contributed by atoms with Gasteiger partial charge in [0, 0.05) is 6.20 Å². The number of nitrogens with zero attached hydrogens (tertiary/aromatic N) is 2. The van der Waals surface area contributed by atoms with Gasteiger partial charge in [0.2, 0.25) is 0 Å². The maximum Gasteiger partial charge on any atom is 0.509 e. The second-order valence-corrected chi connectivity index (χ2v) is 3.93. The summed E-state index contributed by atoms with van der Waals surface area (Å²) in [4.78, 5) is 4.03. The van der Waals surface area contributed by atoms with Gasteiger partial charge in [0.1, 0.15) is 5.75 Å². The number of aryl methyl sites for hydroxylation is 1. The number of aromatic nitrogens is 2. The normalized spacial score (nSPS) is 11.6. The Hall–Kier alpha value is -1.92. The maximum absolute atomic E-state index is 12.6. The second kappa shape index (κ2) is 4.40. The molecule has 0 aliphatic heterocycles. The van der Waals surface area contributed by atoms with E-state index >= 15 is 0 Å². The van der Waals surface area contributed by atoms with E-state index in [2.05, 4.69) is 4.98 Å². The van der Waals surface area contributed by atoms with Gasteiger partial charge >= 0.3 is 6.98 Å². The predicted octanol–water partition coefficient (Wildman–Crippen LogP) is 2.24. The van der Waals surface area contributed by atoms with E-state index in [1.54, 1.807) is 17.7 Å². The Morgan fingerprint density at radius 3 is 2.50 bits per heavy atom. The molecule has 2 aromatic rings. The van der Waals surface area contributed by atoms with Crippen molar-refractivity contribution < 1.29 is 17.7 Å². The van der Waals surface area contributed by atoms with Crippen molar-refractivity contribution in [3.05, 3.63) is 36.4 Å². The quantitative estimate of drug-likeness (QED) is 0.786. The molecular formula is C11H11BF3N2O-. The predicted molar refractivity (Wildman–Crippen MR) is 63.6 cm³/mol. The molecule has 0 saturated heterocycles. The van der Waals surface area contributed by atoms with Crippen molar-refractivity contribution in [1.82, 2.24) is 9.55 Å². The third-order valence-electron chi connectivity index (χ3n) is 2.57. The Kier molecular flexibility index (Phi) is 3.06. The van der Waals surface area contributed by atoms with Crippen LogP contribution >= 0.6 is 0 Å². The number of rotatable bonds is 3. The lowest BCUT2D eigenvalue weighted by Gasteiger charge is -2.17. The number of hydrogen-bond donors (Lipinski definition) is 0. The number of benzene rings is 1. The Bertz CT molecular complexity index is 566. The molecule has 0 N–H and O–H groups in total. The Balaban J connectivity index is 2.50. The molecule has 0 aliphatic rings. The number of ether oxygens (including phenoxy) is 1. The highest BCUT2D eigenvalue weighted by Crippen LogP contribution is 2.23. The van der Waals surface area contributed by atoms with Crippen molar-refractivity contribution in [2.75, 3.05) is 7.11 Å². The highest BCUT2D eigenvalue weighted by Gasteiger charge is 2.26. The number of imidazole rings is 1. The minimum Gasteiger partial charge on any atom is -0.495 e. The van der Waals surface area contributed by atoms with Crippen LogP contribution in [0.4, 0.5) is 12.9 Å². The first-order valence-electron chi connectivity index (χ1n) is 5.30. The van der Waals surface area contributed by atoms with Crippen molar-refractivity contribution in [1.29, 1.82) is 0 Å². The van der Waals surface area contributed by atoms with Crippen LogP contribution in [-0.2, 0) is 0 Å². The van der Waals surface area contributed by atoms with Crippen LogP contribution in [0.5, 0.6) is 5.75 Å². The molecule has 0 amide bonds. The first kappa shape index (κ1) is 12.5. The first-order chi connectivity index (χ1) is 8.41. The minimum absolute atomic E-state index is 0.170. The topological polar surface area (TPSA) is 27.1 Å². The summed E-state index contributed by atoms with van der Waals surface area (Å²) in [6, 6.07) is 3.43. The van der Waals surface area contributed by atoms with Gasteiger partial charge in [0.05, 0.1) is 24.8 Å². The fourth-order valence-electron chi connectivity index (χ4n) is 1.66. The van der Waals surface area contributed by atoms with Gasteiger partial charge in [0.15, 0.2) is 0 Å². The molecule has 3 nitrogen and oxygen atoms in total. The van der Waals surface area contributed by atoms with Crippen molar-refractivity contribution in [2.45, 2.75) is 6.92 Å². The highest BCUT2D eigenvalue weighted by molar-refractivity contribution is 6.73. The van der Waals surface area contributed by atoms with Gasteiger partial charge in [-0.3, -0.25) is 0 Å². The molecule has 18 heavy (non-hydrogen) atoms. The number of methoxy groups -OCH3 is 1. The molecule has 1 aromatic carbocycles. The molecule has 0 bridgehead atoms. The lowest BCUT2D eigenvalue weighted by molar-refractivity contribution is 0.412. The maximum atomic E-state index is 12.6. The summed E-state index contributed by atoms with van der Waals surface area (Å²) in [7, 11) is 1.34. The van der Waals surface area contributed by atoms with E-state index in [1.807, 2.05) is 0 Å². The molecule has 2 rings (SSSR count). The molecule has 0 spiro atoms. The highest BCUT2D eigenvalue weighted by atomic mass is 19.4. The van der Waals surface area contributed by atoms with Crippen molar-refractivity contribution in [3.63, 3.8) is 0 Å². The third-order valence-corrected chi connectivity index (χ3v) is 2.57. The van der Waals surface area contributed by atoms with Crippen molar-refractivity contribution in [3.8, 4) is 11.4 Å². The molecule has 0 radical (unpaired) electrons. The van der Waals surface area contributed by atoms with E-state index in [0.717, 1.165) is 17.8 Å². The number of hydrogen-bond acceptors (Lipinski definition) is 2. The standard InChI is InChI=1S/C11H11BF3N2O/c1-8-6-17(7-16-8)10-4-3-9(12(13,14)15)5-11(10)18-2/h3-7H,1-2H3/q-1. The van der Waals surface area contributed by atoms with E-state index in [1.165, 1.54) is 19.5 Å².